The summed E-state index contributed by atoms with van der Waals surface area (Å²) >= 11 is 5.55. The van der Waals surface area contributed by atoms with Crippen molar-refractivity contribution in [1.29, 1.82) is 0 Å². The van der Waals surface area contributed by atoms with E-state index in [1.807, 2.05) is 0 Å². The first-order valence-corrected chi connectivity index (χ1v) is 7.72. The van der Waals surface area contributed by atoms with Gasteiger partial charge in [0, 0.05) is 0 Å². The van der Waals surface area contributed by atoms with Crippen LogP contribution in [0.3, 0.4) is 0 Å². The number of hydrogen-bond acceptors (Lipinski definition) is 4. The fourth-order valence-corrected chi connectivity index (χ4v) is 3.18. The predicted molar refractivity (Wildman–Crippen MR) is 40.3 cm³/mol. The van der Waals surface area contributed by atoms with Gasteiger partial charge in [-0.05, 0) is 13.1 Å². The van der Waals surface area contributed by atoms with Gasteiger partial charge in [0.15, 0.2) is 0 Å². The van der Waals surface area contributed by atoms with Crippen LogP contribution in [0.2, 0.25) is 13.1 Å². The lowest BCUT2D eigenvalue weighted by Crippen LogP contribution is -2.27. The van der Waals surface area contributed by atoms with Gasteiger partial charge in [0.05, 0.1) is 7.11 Å². The SMILES string of the molecule is COS(=O)(=O)O[Si](C)(C)Cl. The second-order valence-corrected chi connectivity index (χ2v) is 9.30. The van der Waals surface area contributed by atoms with Crippen LogP contribution in [0, 0.1) is 0 Å². The lowest BCUT2D eigenvalue weighted by Gasteiger charge is -2.11. The van der Waals surface area contributed by atoms with Crippen LogP contribution in [0.4, 0.5) is 0 Å². The molecule has 4 nitrogen and oxygen atoms in total. The van der Waals surface area contributed by atoms with Gasteiger partial charge in [-0.3, -0.25) is 8.06 Å². The fourth-order valence-electron chi connectivity index (χ4n) is 0.277. The Hall–Kier alpha value is 0.377. The van der Waals surface area contributed by atoms with E-state index in [9.17, 15) is 8.42 Å². The molecule has 0 N–H and O–H groups in total. The highest BCUT2D eigenvalue weighted by atomic mass is 35.6. The zero-order valence-electron chi connectivity index (χ0n) is 5.92. The van der Waals surface area contributed by atoms with Crippen molar-refractivity contribution in [2.24, 2.45) is 0 Å². The summed E-state index contributed by atoms with van der Waals surface area (Å²) in [6.45, 7) is 3.07. The molecule has 0 aliphatic rings. The molecule has 0 atom stereocenters. The second kappa shape index (κ2) is 3.18. The molecule has 0 saturated heterocycles. The molecule has 0 saturated carbocycles. The van der Waals surface area contributed by atoms with E-state index in [4.69, 9.17) is 11.1 Å². The Morgan fingerprint density at radius 2 is 1.80 bits per heavy atom. The number of halogens is 1. The summed E-state index contributed by atoms with van der Waals surface area (Å²) in [7, 11) is -5.38. The summed E-state index contributed by atoms with van der Waals surface area (Å²) in [5, 5.41) is 0. The first-order valence-electron chi connectivity index (χ1n) is 2.47. The second-order valence-electron chi connectivity index (χ2n) is 2.02. The van der Waals surface area contributed by atoms with E-state index >= 15 is 0 Å². The summed E-state index contributed by atoms with van der Waals surface area (Å²) < 4.78 is 29.5. The maximum Gasteiger partial charge on any atom is 0.391 e. The van der Waals surface area contributed by atoms with Crippen LogP contribution in [0.5, 0.6) is 0 Å². The van der Waals surface area contributed by atoms with Crippen LogP contribution >= 0.6 is 11.1 Å². The highest BCUT2D eigenvalue weighted by Crippen LogP contribution is 2.13. The molecular formula is C3H9ClO4SSi. The maximum absolute atomic E-state index is 10.5. The molecule has 0 heterocycles. The predicted octanol–water partition coefficient (Wildman–Crippen LogP) is 0.835. The summed E-state index contributed by atoms with van der Waals surface area (Å²) in [6.07, 6.45) is 0. The molecule has 0 aromatic carbocycles. The van der Waals surface area contributed by atoms with Crippen molar-refractivity contribution in [3.8, 4) is 0 Å². The van der Waals surface area contributed by atoms with E-state index in [0.717, 1.165) is 7.11 Å². The summed E-state index contributed by atoms with van der Waals surface area (Å²) in [6, 6.07) is 0. The van der Waals surface area contributed by atoms with Crippen molar-refractivity contribution in [2.75, 3.05) is 7.11 Å². The van der Waals surface area contributed by atoms with Gasteiger partial charge >= 0.3 is 18.0 Å². The lowest BCUT2D eigenvalue weighted by molar-refractivity contribution is 0.331. The fraction of sp³-hybridized carbons (Fsp3) is 1.00. The monoisotopic (exact) mass is 204 g/mol. The normalized spacial score (nSPS) is 13.6. The Labute approximate surface area is 66.3 Å². The Morgan fingerprint density at radius 3 is 1.90 bits per heavy atom. The molecule has 10 heavy (non-hydrogen) atoms. The van der Waals surface area contributed by atoms with Crippen LogP contribution in [0.1, 0.15) is 0 Å². The molecule has 0 aromatic heterocycles. The minimum absolute atomic E-state index is 1.02. The first-order chi connectivity index (χ1) is 4.27. The Bertz CT molecular complexity index is 193. The Morgan fingerprint density at radius 1 is 1.40 bits per heavy atom. The molecule has 0 fully saturated rings. The average Bonchev–Trinajstić information content (AvgIpc) is 1.60. The third kappa shape index (κ3) is 5.18. The highest BCUT2D eigenvalue weighted by molar-refractivity contribution is 7.83. The maximum atomic E-state index is 10.5. The standard InChI is InChI=1S/C3H9ClO4SSi/c1-7-9(5,6)8-10(2,3)4/h1-3H3. The van der Waals surface area contributed by atoms with Crippen molar-refractivity contribution < 1.29 is 16.5 Å². The first kappa shape index (κ1) is 10.4. The largest absolute Gasteiger partial charge is 0.391 e. The average molecular weight is 205 g/mol. The molecule has 62 valence electrons. The Kier molecular flexibility index (Phi) is 3.30. The van der Waals surface area contributed by atoms with Gasteiger partial charge in [0.25, 0.3) is 0 Å². The Balaban J connectivity index is 4.18. The van der Waals surface area contributed by atoms with Crippen LogP contribution in [0.15, 0.2) is 0 Å². The van der Waals surface area contributed by atoms with E-state index in [0.29, 0.717) is 0 Å². The van der Waals surface area contributed by atoms with Crippen molar-refractivity contribution in [3.05, 3.63) is 0 Å². The zero-order chi connectivity index (χ0) is 8.41. The van der Waals surface area contributed by atoms with Gasteiger partial charge in [0.2, 0.25) is 0 Å². The molecule has 0 aliphatic heterocycles. The molecule has 0 bridgehead atoms. The quantitative estimate of drug-likeness (QED) is 0.505. The van der Waals surface area contributed by atoms with Crippen LogP contribution < -0.4 is 0 Å². The minimum atomic E-state index is -3.85. The molecule has 0 rings (SSSR count). The lowest BCUT2D eigenvalue weighted by atomic mass is 11.8. The van der Waals surface area contributed by atoms with Crippen molar-refractivity contribution >= 4 is 29.1 Å². The van der Waals surface area contributed by atoms with Crippen molar-refractivity contribution in [1.82, 2.24) is 0 Å². The van der Waals surface area contributed by atoms with Gasteiger partial charge in [0.1, 0.15) is 0 Å². The molecule has 0 aliphatic carbocycles. The minimum Gasteiger partial charge on any atom is -0.275 e. The van der Waals surface area contributed by atoms with Gasteiger partial charge in [-0.15, -0.1) is 11.1 Å². The van der Waals surface area contributed by atoms with Gasteiger partial charge < -0.3 is 0 Å². The van der Waals surface area contributed by atoms with Crippen LogP contribution in [-0.2, 0) is 18.5 Å². The van der Waals surface area contributed by atoms with E-state index < -0.39 is 18.0 Å². The molecular weight excluding hydrogens is 196 g/mol. The van der Waals surface area contributed by atoms with E-state index in [1.54, 1.807) is 0 Å². The molecule has 0 aromatic rings. The van der Waals surface area contributed by atoms with Crippen molar-refractivity contribution in [3.63, 3.8) is 0 Å². The van der Waals surface area contributed by atoms with Crippen LogP contribution in [0.25, 0.3) is 0 Å². The summed E-state index contributed by atoms with van der Waals surface area (Å²) in [4.78, 5) is 0. The van der Waals surface area contributed by atoms with Gasteiger partial charge in [-0.25, -0.2) is 0 Å². The summed E-state index contributed by atoms with van der Waals surface area (Å²) in [5.74, 6) is 0. The smallest absolute Gasteiger partial charge is 0.275 e. The summed E-state index contributed by atoms with van der Waals surface area (Å²) in [5.41, 5.74) is 0. The molecule has 0 spiro atoms. The topological polar surface area (TPSA) is 52.6 Å². The molecule has 0 amide bonds. The number of hydrogen-bond donors (Lipinski definition) is 0. The van der Waals surface area contributed by atoms with Crippen LogP contribution in [-0.4, -0.2) is 23.2 Å². The third-order valence-electron chi connectivity index (χ3n) is 0.504. The van der Waals surface area contributed by atoms with E-state index in [2.05, 4.69) is 8.06 Å². The van der Waals surface area contributed by atoms with Crippen molar-refractivity contribution in [2.45, 2.75) is 13.1 Å². The molecule has 0 radical (unpaired) electrons. The van der Waals surface area contributed by atoms with Gasteiger partial charge in [-0.2, -0.15) is 8.42 Å². The van der Waals surface area contributed by atoms with Gasteiger partial charge in [-0.1, -0.05) is 0 Å². The zero-order valence-corrected chi connectivity index (χ0v) is 8.49. The highest BCUT2D eigenvalue weighted by Gasteiger charge is 2.27. The third-order valence-corrected chi connectivity index (χ3v) is 3.88. The van der Waals surface area contributed by atoms with E-state index in [-0.39, 0.29) is 0 Å². The molecule has 7 heteroatoms. The molecule has 0 unspecified atom stereocenters. The van der Waals surface area contributed by atoms with E-state index in [1.165, 1.54) is 13.1 Å². The number of rotatable bonds is 3.